The van der Waals surface area contributed by atoms with E-state index in [4.69, 9.17) is 4.74 Å². The fraction of sp³-hybridized carbons (Fsp3) is 0.394. The number of nitrogens with one attached hydrogen (secondary N) is 1. The van der Waals surface area contributed by atoms with Gasteiger partial charge in [0.1, 0.15) is 18.3 Å². The summed E-state index contributed by atoms with van der Waals surface area (Å²) >= 11 is 0. The topological polar surface area (TPSA) is 96.0 Å². The molecule has 0 aromatic heterocycles. The second kappa shape index (κ2) is 13.9. The number of carbonyl (C=O) groups is 2. The summed E-state index contributed by atoms with van der Waals surface area (Å²) < 4.78 is 34.3. The van der Waals surface area contributed by atoms with Crippen LogP contribution in [0.4, 0.5) is 5.69 Å². The lowest BCUT2D eigenvalue weighted by Crippen LogP contribution is -2.53. The minimum atomic E-state index is -4.14. The maximum atomic E-state index is 14.2. The van der Waals surface area contributed by atoms with Crippen LogP contribution in [0.2, 0.25) is 0 Å². The van der Waals surface area contributed by atoms with Crippen molar-refractivity contribution < 1.29 is 22.7 Å². The number of nitrogens with zero attached hydrogens (tertiary/aromatic N) is 2. The fourth-order valence-corrected chi connectivity index (χ4v) is 6.71. The zero-order valence-electron chi connectivity index (χ0n) is 24.9. The zero-order valence-corrected chi connectivity index (χ0v) is 25.7. The largest absolute Gasteiger partial charge is 0.497 e. The van der Waals surface area contributed by atoms with Crippen molar-refractivity contribution in [3.63, 3.8) is 0 Å². The van der Waals surface area contributed by atoms with Gasteiger partial charge >= 0.3 is 0 Å². The molecule has 0 saturated heterocycles. The van der Waals surface area contributed by atoms with Crippen LogP contribution in [0, 0.1) is 13.8 Å². The van der Waals surface area contributed by atoms with Crippen LogP contribution in [0.3, 0.4) is 0 Å². The van der Waals surface area contributed by atoms with Crippen molar-refractivity contribution in [3.05, 3.63) is 89.5 Å². The summed E-state index contributed by atoms with van der Waals surface area (Å²) in [4.78, 5) is 29.3. The van der Waals surface area contributed by atoms with Crippen LogP contribution in [0.15, 0.2) is 77.7 Å². The van der Waals surface area contributed by atoms with Gasteiger partial charge in [-0.05, 0) is 75.1 Å². The Morgan fingerprint density at radius 3 is 2.02 bits per heavy atom. The Kier molecular flexibility index (Phi) is 10.3. The second-order valence-corrected chi connectivity index (χ2v) is 12.8. The molecule has 3 aromatic rings. The number of sulfonamides is 1. The normalized spacial score (nSPS) is 14.3. The number of hydrogen-bond donors (Lipinski definition) is 1. The summed E-state index contributed by atoms with van der Waals surface area (Å²) in [5.41, 5.74) is 3.27. The standard InChI is InChI=1S/C33H41N3O5S/c1-5-31(33(38)34-27-8-6-7-9-27)35(22-26-14-10-24(2)11-15-26)32(37)23-36(28-16-12-25(3)13-17-28)42(39,40)30-20-18-29(41-4)19-21-30/h10-21,27,31H,5-9,22-23H2,1-4H3,(H,34,38)/t31-/m0/s1. The zero-order chi connectivity index (χ0) is 30.3. The van der Waals surface area contributed by atoms with Crippen molar-refractivity contribution in [2.75, 3.05) is 18.0 Å². The highest BCUT2D eigenvalue weighted by Gasteiger charge is 2.34. The summed E-state index contributed by atoms with van der Waals surface area (Å²) in [5.74, 6) is -0.137. The van der Waals surface area contributed by atoms with E-state index in [1.807, 2.05) is 57.2 Å². The molecule has 1 N–H and O–H groups in total. The molecular formula is C33H41N3O5S. The predicted octanol–water partition coefficient (Wildman–Crippen LogP) is 5.37. The van der Waals surface area contributed by atoms with E-state index in [0.29, 0.717) is 17.9 Å². The third kappa shape index (κ3) is 7.50. The van der Waals surface area contributed by atoms with E-state index in [2.05, 4.69) is 5.32 Å². The average molecular weight is 592 g/mol. The SMILES string of the molecule is CC[C@@H](C(=O)NC1CCCC1)N(Cc1ccc(C)cc1)C(=O)CN(c1ccc(C)cc1)S(=O)(=O)c1ccc(OC)cc1. The number of rotatable bonds is 12. The van der Waals surface area contributed by atoms with Crippen LogP contribution in [-0.4, -0.2) is 50.9 Å². The Hall–Kier alpha value is -3.85. The molecule has 4 rings (SSSR count). The first-order valence-corrected chi connectivity index (χ1v) is 15.9. The number of ether oxygens (including phenoxy) is 1. The van der Waals surface area contributed by atoms with Crippen molar-refractivity contribution in [2.24, 2.45) is 0 Å². The Morgan fingerprint density at radius 1 is 0.905 bits per heavy atom. The lowest BCUT2D eigenvalue weighted by molar-refractivity contribution is -0.140. The quantitative estimate of drug-likeness (QED) is 0.305. The van der Waals surface area contributed by atoms with Gasteiger partial charge in [0.2, 0.25) is 11.8 Å². The number of amides is 2. The molecule has 1 aliphatic rings. The van der Waals surface area contributed by atoms with Crippen molar-refractivity contribution in [1.82, 2.24) is 10.2 Å². The highest BCUT2D eigenvalue weighted by Crippen LogP contribution is 2.27. The van der Waals surface area contributed by atoms with Gasteiger partial charge in [0.05, 0.1) is 17.7 Å². The summed E-state index contributed by atoms with van der Waals surface area (Å²) in [6.45, 7) is 5.49. The number of hydrogen-bond acceptors (Lipinski definition) is 5. The number of aryl methyl sites for hydroxylation is 2. The van der Waals surface area contributed by atoms with Gasteiger partial charge in [-0.1, -0.05) is 67.3 Å². The summed E-state index contributed by atoms with van der Waals surface area (Å²) in [5, 5.41) is 3.14. The first kappa shape index (κ1) is 31.1. The Balaban J connectivity index is 1.70. The average Bonchev–Trinajstić information content (AvgIpc) is 3.50. The van der Waals surface area contributed by atoms with Gasteiger partial charge in [0.15, 0.2) is 0 Å². The molecule has 1 aliphatic carbocycles. The van der Waals surface area contributed by atoms with E-state index in [1.54, 1.807) is 24.3 Å². The molecule has 1 fully saturated rings. The third-order valence-electron chi connectivity index (χ3n) is 7.81. The summed E-state index contributed by atoms with van der Waals surface area (Å²) in [6.07, 6.45) is 4.39. The van der Waals surface area contributed by atoms with Gasteiger partial charge in [-0.25, -0.2) is 8.42 Å². The molecule has 1 atom stereocenters. The maximum Gasteiger partial charge on any atom is 0.264 e. The summed E-state index contributed by atoms with van der Waals surface area (Å²) in [6, 6.07) is 20.2. The molecule has 3 aromatic carbocycles. The number of methoxy groups -OCH3 is 1. The number of carbonyl (C=O) groups excluding carboxylic acids is 2. The molecule has 42 heavy (non-hydrogen) atoms. The van der Waals surface area contributed by atoms with Gasteiger partial charge in [-0.2, -0.15) is 0 Å². The number of benzene rings is 3. The Labute approximate surface area is 249 Å². The van der Waals surface area contributed by atoms with Crippen LogP contribution in [0.5, 0.6) is 5.75 Å². The molecule has 0 spiro atoms. The Bertz CT molecular complexity index is 1450. The van der Waals surface area contributed by atoms with Gasteiger partial charge in [-0.3, -0.25) is 13.9 Å². The molecule has 224 valence electrons. The van der Waals surface area contributed by atoms with E-state index in [9.17, 15) is 18.0 Å². The predicted molar refractivity (Wildman–Crippen MR) is 165 cm³/mol. The molecule has 0 unspecified atom stereocenters. The van der Waals surface area contributed by atoms with E-state index in [-0.39, 0.29) is 23.4 Å². The third-order valence-corrected chi connectivity index (χ3v) is 9.60. The van der Waals surface area contributed by atoms with Crippen LogP contribution in [0.25, 0.3) is 0 Å². The van der Waals surface area contributed by atoms with Crippen LogP contribution >= 0.6 is 0 Å². The smallest absolute Gasteiger partial charge is 0.264 e. The summed E-state index contributed by atoms with van der Waals surface area (Å²) in [7, 11) is -2.63. The van der Waals surface area contributed by atoms with Gasteiger partial charge in [0.25, 0.3) is 10.0 Å². The minimum Gasteiger partial charge on any atom is -0.497 e. The Morgan fingerprint density at radius 2 is 1.48 bits per heavy atom. The molecule has 0 aliphatic heterocycles. The van der Waals surface area contributed by atoms with Crippen molar-refractivity contribution in [1.29, 1.82) is 0 Å². The molecule has 0 bridgehead atoms. The highest BCUT2D eigenvalue weighted by atomic mass is 32.2. The van der Waals surface area contributed by atoms with Gasteiger partial charge in [-0.15, -0.1) is 0 Å². The molecule has 8 nitrogen and oxygen atoms in total. The van der Waals surface area contributed by atoms with E-state index < -0.39 is 28.5 Å². The molecule has 9 heteroatoms. The molecule has 2 amide bonds. The van der Waals surface area contributed by atoms with Crippen molar-refractivity contribution in [2.45, 2.75) is 76.4 Å². The molecule has 0 radical (unpaired) electrons. The first-order valence-electron chi connectivity index (χ1n) is 14.5. The first-order chi connectivity index (χ1) is 20.1. The lowest BCUT2D eigenvalue weighted by atomic mass is 10.1. The second-order valence-electron chi connectivity index (χ2n) is 10.9. The molecular weight excluding hydrogens is 550 g/mol. The van der Waals surface area contributed by atoms with Crippen LogP contribution in [-0.2, 0) is 26.2 Å². The van der Waals surface area contributed by atoms with E-state index >= 15 is 0 Å². The lowest BCUT2D eigenvalue weighted by Gasteiger charge is -2.34. The van der Waals surface area contributed by atoms with Gasteiger partial charge in [0, 0.05) is 12.6 Å². The highest BCUT2D eigenvalue weighted by molar-refractivity contribution is 7.92. The van der Waals surface area contributed by atoms with Crippen molar-refractivity contribution in [3.8, 4) is 5.75 Å². The van der Waals surface area contributed by atoms with E-state index in [0.717, 1.165) is 46.7 Å². The van der Waals surface area contributed by atoms with E-state index in [1.165, 1.54) is 24.1 Å². The fourth-order valence-electron chi connectivity index (χ4n) is 5.29. The monoisotopic (exact) mass is 591 g/mol. The minimum absolute atomic E-state index is 0.0350. The number of anilines is 1. The maximum absolute atomic E-state index is 14.2. The molecule has 1 saturated carbocycles. The van der Waals surface area contributed by atoms with Crippen LogP contribution in [0.1, 0.15) is 55.7 Å². The van der Waals surface area contributed by atoms with Crippen molar-refractivity contribution >= 4 is 27.5 Å². The van der Waals surface area contributed by atoms with Crippen LogP contribution < -0.4 is 14.4 Å². The van der Waals surface area contributed by atoms with Gasteiger partial charge < -0.3 is 15.0 Å². The molecule has 0 heterocycles.